The Kier molecular flexibility index (Phi) is 11.5. The average molecular weight is 528 g/mol. The van der Waals surface area contributed by atoms with E-state index in [0.29, 0.717) is 36.8 Å². The number of hydrogen-bond acceptors (Lipinski definition) is 8. The van der Waals surface area contributed by atoms with Crippen LogP contribution in [0.5, 0.6) is 11.5 Å². The summed E-state index contributed by atoms with van der Waals surface area (Å²) in [7, 11) is 3.11. The number of carbonyl (C=O) groups excluding carboxylic acids is 2. The summed E-state index contributed by atoms with van der Waals surface area (Å²) in [4.78, 5) is 31.5. The van der Waals surface area contributed by atoms with Crippen molar-refractivity contribution < 1.29 is 23.8 Å². The number of benzene rings is 2. The quantitative estimate of drug-likeness (QED) is 0.407. The van der Waals surface area contributed by atoms with Crippen LogP contribution in [0.15, 0.2) is 42.5 Å². The summed E-state index contributed by atoms with van der Waals surface area (Å²) in [6.07, 6.45) is -0.0405. The highest BCUT2D eigenvalue weighted by Gasteiger charge is 2.18. The van der Waals surface area contributed by atoms with Crippen LogP contribution in [-0.2, 0) is 9.53 Å². The number of nitrogens with zero attached hydrogens (tertiary/aromatic N) is 3. The van der Waals surface area contributed by atoms with E-state index in [1.165, 1.54) is 7.11 Å². The van der Waals surface area contributed by atoms with E-state index in [1.807, 2.05) is 18.2 Å². The molecule has 2 amide bonds. The van der Waals surface area contributed by atoms with Crippen LogP contribution < -0.4 is 25.0 Å². The van der Waals surface area contributed by atoms with Crippen LogP contribution in [0.4, 0.5) is 21.9 Å². The molecule has 1 aliphatic heterocycles. The standard InChI is InChI=1S/C28H41N5O5/c1-5-31(6-2)13-12-27(34)29-22-8-7-9-23(20-22)33-16-14-32(15-17-33)18-19-38-28(35)30-25-11-10-24(36-3)21-26(25)37-4/h7-11,20-21H,5-6,12-19H2,1-4H3,(H,29,34)(H,30,35). The third-order valence-corrected chi connectivity index (χ3v) is 6.70. The summed E-state index contributed by atoms with van der Waals surface area (Å²) in [5.41, 5.74) is 2.44. The molecule has 0 aliphatic carbocycles. The van der Waals surface area contributed by atoms with Crippen molar-refractivity contribution in [1.82, 2.24) is 9.80 Å². The molecule has 38 heavy (non-hydrogen) atoms. The fourth-order valence-electron chi connectivity index (χ4n) is 4.35. The molecule has 0 radical (unpaired) electrons. The minimum atomic E-state index is -0.525. The molecule has 0 saturated carbocycles. The SMILES string of the molecule is CCN(CC)CCC(=O)Nc1cccc(N2CCN(CCOC(=O)Nc3ccc(OC)cc3OC)CC2)c1. The summed E-state index contributed by atoms with van der Waals surface area (Å²) in [5, 5.41) is 5.75. The molecule has 0 unspecified atom stereocenters. The van der Waals surface area contributed by atoms with Gasteiger partial charge in [-0.05, 0) is 43.4 Å². The van der Waals surface area contributed by atoms with Crippen LogP contribution >= 0.6 is 0 Å². The van der Waals surface area contributed by atoms with Gasteiger partial charge in [-0.15, -0.1) is 0 Å². The zero-order valence-corrected chi connectivity index (χ0v) is 23.0. The largest absolute Gasteiger partial charge is 0.497 e. The first-order valence-corrected chi connectivity index (χ1v) is 13.2. The predicted octanol–water partition coefficient (Wildman–Crippen LogP) is 3.74. The summed E-state index contributed by atoms with van der Waals surface area (Å²) >= 11 is 0. The van der Waals surface area contributed by atoms with Crippen LogP contribution in [0.2, 0.25) is 0 Å². The first kappa shape index (κ1) is 29.1. The second-order valence-electron chi connectivity index (χ2n) is 9.03. The van der Waals surface area contributed by atoms with E-state index >= 15 is 0 Å². The van der Waals surface area contributed by atoms with Gasteiger partial charge >= 0.3 is 6.09 Å². The molecule has 1 fully saturated rings. The number of hydrogen-bond donors (Lipinski definition) is 2. The molecule has 3 rings (SSSR count). The molecule has 208 valence electrons. The summed E-state index contributed by atoms with van der Waals surface area (Å²) in [5.74, 6) is 1.18. The Balaban J connectivity index is 1.39. The Labute approximate surface area is 225 Å². The summed E-state index contributed by atoms with van der Waals surface area (Å²) in [6.45, 7) is 11.3. The maximum atomic E-state index is 12.4. The molecule has 0 bridgehead atoms. The number of carbonyl (C=O) groups is 2. The number of methoxy groups -OCH3 is 2. The smallest absolute Gasteiger partial charge is 0.411 e. The van der Waals surface area contributed by atoms with Gasteiger partial charge in [0.25, 0.3) is 0 Å². The lowest BCUT2D eigenvalue weighted by Crippen LogP contribution is -2.47. The first-order chi connectivity index (χ1) is 18.4. The number of ether oxygens (including phenoxy) is 3. The van der Waals surface area contributed by atoms with Gasteiger partial charge < -0.3 is 29.3 Å². The molecule has 2 N–H and O–H groups in total. The van der Waals surface area contributed by atoms with Crippen LogP contribution in [0.3, 0.4) is 0 Å². The van der Waals surface area contributed by atoms with Crippen LogP contribution in [0.25, 0.3) is 0 Å². The van der Waals surface area contributed by atoms with Crippen molar-refractivity contribution in [2.24, 2.45) is 0 Å². The van der Waals surface area contributed by atoms with Gasteiger partial charge in [0.05, 0.1) is 19.9 Å². The van der Waals surface area contributed by atoms with Gasteiger partial charge in [0.15, 0.2) is 0 Å². The lowest BCUT2D eigenvalue weighted by Gasteiger charge is -2.36. The number of nitrogens with one attached hydrogen (secondary N) is 2. The molecular weight excluding hydrogens is 486 g/mol. The Bertz CT molecular complexity index is 1040. The van der Waals surface area contributed by atoms with Crippen molar-refractivity contribution in [3.05, 3.63) is 42.5 Å². The Hall–Kier alpha value is -3.50. The molecule has 0 aromatic heterocycles. The average Bonchev–Trinajstić information content (AvgIpc) is 2.94. The minimum Gasteiger partial charge on any atom is -0.497 e. The lowest BCUT2D eigenvalue weighted by molar-refractivity contribution is -0.116. The fourth-order valence-corrected chi connectivity index (χ4v) is 4.35. The lowest BCUT2D eigenvalue weighted by atomic mass is 10.2. The number of amides is 2. The number of piperazine rings is 1. The second-order valence-corrected chi connectivity index (χ2v) is 9.03. The van der Waals surface area contributed by atoms with E-state index < -0.39 is 6.09 Å². The third-order valence-electron chi connectivity index (χ3n) is 6.70. The van der Waals surface area contributed by atoms with Gasteiger partial charge in [0.1, 0.15) is 18.1 Å². The van der Waals surface area contributed by atoms with Gasteiger partial charge in [-0.2, -0.15) is 0 Å². The zero-order chi connectivity index (χ0) is 27.3. The van der Waals surface area contributed by atoms with Gasteiger partial charge in [-0.25, -0.2) is 4.79 Å². The summed E-state index contributed by atoms with van der Waals surface area (Å²) < 4.78 is 15.9. The minimum absolute atomic E-state index is 0.0355. The monoisotopic (exact) mass is 527 g/mol. The highest BCUT2D eigenvalue weighted by molar-refractivity contribution is 5.91. The molecule has 1 saturated heterocycles. The topological polar surface area (TPSA) is 95.6 Å². The van der Waals surface area contributed by atoms with Crippen molar-refractivity contribution in [2.45, 2.75) is 20.3 Å². The molecule has 0 atom stereocenters. The van der Waals surface area contributed by atoms with Gasteiger partial charge in [0.2, 0.25) is 5.91 Å². The molecule has 0 spiro atoms. The molecule has 10 heteroatoms. The van der Waals surface area contributed by atoms with E-state index in [-0.39, 0.29) is 5.91 Å². The highest BCUT2D eigenvalue weighted by atomic mass is 16.5. The van der Waals surface area contributed by atoms with E-state index in [9.17, 15) is 9.59 Å². The van der Waals surface area contributed by atoms with Gasteiger partial charge in [0, 0.05) is 63.1 Å². The van der Waals surface area contributed by atoms with Crippen molar-refractivity contribution in [3.8, 4) is 11.5 Å². The maximum absolute atomic E-state index is 12.4. The second kappa shape index (κ2) is 15.0. The highest BCUT2D eigenvalue weighted by Crippen LogP contribution is 2.29. The van der Waals surface area contributed by atoms with Gasteiger partial charge in [-0.1, -0.05) is 19.9 Å². The summed E-state index contributed by atoms with van der Waals surface area (Å²) in [6, 6.07) is 13.2. The maximum Gasteiger partial charge on any atom is 0.411 e. The number of anilines is 3. The van der Waals surface area contributed by atoms with Crippen molar-refractivity contribution in [1.29, 1.82) is 0 Å². The molecule has 2 aromatic rings. The molecule has 1 heterocycles. The Morgan fingerprint density at radius 3 is 2.39 bits per heavy atom. The van der Waals surface area contributed by atoms with E-state index in [1.54, 1.807) is 25.3 Å². The predicted molar refractivity (Wildman–Crippen MR) is 151 cm³/mol. The number of rotatable bonds is 13. The third kappa shape index (κ3) is 8.81. The molecule has 10 nitrogen and oxygen atoms in total. The van der Waals surface area contributed by atoms with Crippen LogP contribution in [0, 0.1) is 0 Å². The van der Waals surface area contributed by atoms with Gasteiger partial charge in [-0.3, -0.25) is 15.0 Å². The Morgan fingerprint density at radius 2 is 1.71 bits per heavy atom. The van der Waals surface area contributed by atoms with Crippen LogP contribution in [-0.4, -0.2) is 95.0 Å². The van der Waals surface area contributed by atoms with E-state index in [4.69, 9.17) is 14.2 Å². The van der Waals surface area contributed by atoms with E-state index in [2.05, 4.69) is 45.2 Å². The van der Waals surface area contributed by atoms with Crippen molar-refractivity contribution in [2.75, 3.05) is 88.7 Å². The van der Waals surface area contributed by atoms with Crippen molar-refractivity contribution in [3.63, 3.8) is 0 Å². The Morgan fingerprint density at radius 1 is 0.947 bits per heavy atom. The normalized spacial score (nSPS) is 13.8. The zero-order valence-electron chi connectivity index (χ0n) is 23.0. The first-order valence-electron chi connectivity index (χ1n) is 13.2. The fraction of sp³-hybridized carbons (Fsp3) is 0.500. The van der Waals surface area contributed by atoms with E-state index in [0.717, 1.165) is 57.2 Å². The molecule has 1 aliphatic rings. The van der Waals surface area contributed by atoms with Crippen molar-refractivity contribution >= 4 is 29.1 Å². The molecule has 2 aromatic carbocycles. The molecular formula is C28H41N5O5. The van der Waals surface area contributed by atoms with Crippen LogP contribution in [0.1, 0.15) is 20.3 Å².